The van der Waals surface area contributed by atoms with Crippen LogP contribution >= 0.6 is 0 Å². The summed E-state index contributed by atoms with van der Waals surface area (Å²) in [5, 5.41) is 0. The number of piperidine rings is 1. The van der Waals surface area contributed by atoms with Crippen LogP contribution in [0.3, 0.4) is 0 Å². The largest absolute Gasteiger partial charge is 0.465 e. The van der Waals surface area contributed by atoms with Crippen LogP contribution in [0.4, 0.5) is 5.69 Å². The number of benzene rings is 1. The number of carbonyl (C=O) groups is 1. The predicted octanol–water partition coefficient (Wildman–Crippen LogP) is 2.85. The summed E-state index contributed by atoms with van der Waals surface area (Å²) in [5.74, 6) is -0.244. The van der Waals surface area contributed by atoms with Gasteiger partial charge in [-0.05, 0) is 57.0 Å². The first kappa shape index (κ1) is 15.3. The SMILES string of the molecule is COC(=O)c1cc(N2CCC(N3CCCCC3)C2)ccc1C. The van der Waals surface area contributed by atoms with Crippen LogP contribution in [0.15, 0.2) is 18.2 Å². The zero-order chi connectivity index (χ0) is 15.5. The summed E-state index contributed by atoms with van der Waals surface area (Å²) >= 11 is 0. The number of aryl methyl sites for hydroxylation is 1. The first-order valence-corrected chi connectivity index (χ1v) is 8.37. The number of likely N-dealkylation sites (tertiary alicyclic amines) is 1. The first-order valence-electron chi connectivity index (χ1n) is 8.37. The molecule has 1 unspecified atom stereocenters. The van der Waals surface area contributed by atoms with Crippen LogP contribution in [0.25, 0.3) is 0 Å². The lowest BCUT2D eigenvalue weighted by Crippen LogP contribution is -2.40. The van der Waals surface area contributed by atoms with Crippen molar-refractivity contribution in [3.8, 4) is 0 Å². The molecule has 2 fully saturated rings. The molecule has 0 aliphatic carbocycles. The highest BCUT2D eigenvalue weighted by Crippen LogP contribution is 2.27. The number of hydrogen-bond donors (Lipinski definition) is 0. The lowest BCUT2D eigenvalue weighted by molar-refractivity contribution is 0.0600. The molecule has 120 valence electrons. The Morgan fingerprint density at radius 2 is 1.95 bits per heavy atom. The van der Waals surface area contributed by atoms with Gasteiger partial charge < -0.3 is 9.64 Å². The molecule has 1 aromatic carbocycles. The molecule has 22 heavy (non-hydrogen) atoms. The Bertz CT molecular complexity index is 538. The van der Waals surface area contributed by atoms with Crippen LogP contribution in [-0.2, 0) is 4.74 Å². The molecular weight excluding hydrogens is 276 g/mol. The minimum Gasteiger partial charge on any atom is -0.465 e. The van der Waals surface area contributed by atoms with Crippen LogP contribution < -0.4 is 4.90 Å². The van der Waals surface area contributed by atoms with Gasteiger partial charge in [0.05, 0.1) is 12.7 Å². The third-order valence-corrected chi connectivity index (χ3v) is 5.06. The molecule has 1 atom stereocenters. The maximum absolute atomic E-state index is 11.9. The zero-order valence-electron chi connectivity index (χ0n) is 13.7. The fraction of sp³-hybridized carbons (Fsp3) is 0.611. The van der Waals surface area contributed by atoms with Crippen molar-refractivity contribution in [2.75, 3.05) is 38.2 Å². The van der Waals surface area contributed by atoms with Crippen molar-refractivity contribution in [3.05, 3.63) is 29.3 Å². The fourth-order valence-electron chi connectivity index (χ4n) is 3.69. The Hall–Kier alpha value is -1.55. The summed E-state index contributed by atoms with van der Waals surface area (Å²) in [7, 11) is 1.44. The molecule has 0 radical (unpaired) electrons. The molecule has 0 aromatic heterocycles. The summed E-state index contributed by atoms with van der Waals surface area (Å²) in [6, 6.07) is 6.80. The molecule has 0 bridgehead atoms. The number of nitrogens with zero attached hydrogens (tertiary/aromatic N) is 2. The summed E-state index contributed by atoms with van der Waals surface area (Å²) < 4.78 is 4.89. The maximum atomic E-state index is 11.9. The van der Waals surface area contributed by atoms with E-state index in [4.69, 9.17) is 4.74 Å². The number of hydrogen-bond acceptors (Lipinski definition) is 4. The molecular formula is C18H26N2O2. The monoisotopic (exact) mass is 302 g/mol. The zero-order valence-corrected chi connectivity index (χ0v) is 13.7. The molecule has 0 amide bonds. The molecule has 2 aliphatic heterocycles. The highest BCUT2D eigenvalue weighted by molar-refractivity contribution is 5.92. The topological polar surface area (TPSA) is 32.8 Å². The first-order chi connectivity index (χ1) is 10.7. The Kier molecular flexibility index (Phi) is 4.67. The molecule has 3 rings (SSSR count). The van der Waals surface area contributed by atoms with Gasteiger partial charge in [0.15, 0.2) is 0 Å². The Labute approximate surface area is 133 Å². The van der Waals surface area contributed by atoms with E-state index in [0.29, 0.717) is 11.6 Å². The number of ether oxygens (including phenoxy) is 1. The number of carbonyl (C=O) groups excluding carboxylic acids is 1. The molecule has 1 aromatic rings. The average molecular weight is 302 g/mol. The number of methoxy groups -OCH3 is 1. The van der Waals surface area contributed by atoms with E-state index >= 15 is 0 Å². The Balaban J connectivity index is 1.71. The minimum absolute atomic E-state index is 0.244. The van der Waals surface area contributed by atoms with Gasteiger partial charge in [0, 0.05) is 24.8 Å². The maximum Gasteiger partial charge on any atom is 0.338 e. The second-order valence-electron chi connectivity index (χ2n) is 6.48. The van der Waals surface area contributed by atoms with Crippen LogP contribution in [-0.4, -0.2) is 50.2 Å². The predicted molar refractivity (Wildman–Crippen MR) is 88.6 cm³/mol. The normalized spacial score (nSPS) is 22.8. The van der Waals surface area contributed by atoms with E-state index in [2.05, 4.69) is 15.9 Å². The lowest BCUT2D eigenvalue weighted by atomic mass is 10.1. The van der Waals surface area contributed by atoms with Crippen LogP contribution in [0.5, 0.6) is 0 Å². The third kappa shape index (κ3) is 3.12. The van der Waals surface area contributed by atoms with Crippen molar-refractivity contribution in [2.45, 2.75) is 38.6 Å². The molecule has 2 saturated heterocycles. The van der Waals surface area contributed by atoms with E-state index in [-0.39, 0.29) is 5.97 Å². The van der Waals surface area contributed by atoms with Gasteiger partial charge in [0.25, 0.3) is 0 Å². The second-order valence-corrected chi connectivity index (χ2v) is 6.48. The summed E-state index contributed by atoms with van der Waals surface area (Å²) in [4.78, 5) is 16.9. The Morgan fingerprint density at radius 1 is 1.18 bits per heavy atom. The highest BCUT2D eigenvalue weighted by Gasteiger charge is 2.29. The van der Waals surface area contributed by atoms with E-state index in [9.17, 15) is 4.79 Å². The van der Waals surface area contributed by atoms with Crippen molar-refractivity contribution < 1.29 is 9.53 Å². The van der Waals surface area contributed by atoms with Gasteiger partial charge in [-0.2, -0.15) is 0 Å². The van der Waals surface area contributed by atoms with Crippen molar-refractivity contribution in [3.63, 3.8) is 0 Å². The third-order valence-electron chi connectivity index (χ3n) is 5.06. The highest BCUT2D eigenvalue weighted by atomic mass is 16.5. The molecule has 4 heteroatoms. The van der Waals surface area contributed by atoms with Crippen LogP contribution in [0.1, 0.15) is 41.6 Å². The minimum atomic E-state index is -0.244. The van der Waals surface area contributed by atoms with Gasteiger partial charge in [0.2, 0.25) is 0 Å². The van der Waals surface area contributed by atoms with E-state index < -0.39 is 0 Å². The number of rotatable bonds is 3. The van der Waals surface area contributed by atoms with E-state index in [1.165, 1.54) is 45.9 Å². The second kappa shape index (κ2) is 6.69. The summed E-state index contributed by atoms with van der Waals surface area (Å²) in [5.41, 5.74) is 2.80. The van der Waals surface area contributed by atoms with E-state index in [0.717, 1.165) is 24.3 Å². The molecule has 0 saturated carbocycles. The van der Waals surface area contributed by atoms with Crippen molar-refractivity contribution in [2.24, 2.45) is 0 Å². The van der Waals surface area contributed by atoms with Crippen molar-refractivity contribution in [1.82, 2.24) is 4.90 Å². The quantitative estimate of drug-likeness (QED) is 0.804. The smallest absolute Gasteiger partial charge is 0.338 e. The standard InChI is InChI=1S/C18H26N2O2/c1-14-6-7-15(12-17(14)18(21)22-2)20-11-8-16(13-20)19-9-4-3-5-10-19/h6-7,12,16H,3-5,8-11,13H2,1-2H3. The summed E-state index contributed by atoms with van der Waals surface area (Å²) in [6.45, 7) is 6.60. The van der Waals surface area contributed by atoms with Gasteiger partial charge in [-0.3, -0.25) is 4.90 Å². The van der Waals surface area contributed by atoms with E-state index in [1.807, 2.05) is 19.1 Å². The van der Waals surface area contributed by atoms with Gasteiger partial charge in [-0.25, -0.2) is 4.79 Å². The van der Waals surface area contributed by atoms with Gasteiger partial charge in [-0.15, -0.1) is 0 Å². The lowest BCUT2D eigenvalue weighted by Gasteiger charge is -2.32. The molecule has 0 spiro atoms. The Morgan fingerprint density at radius 3 is 2.68 bits per heavy atom. The average Bonchev–Trinajstić information content (AvgIpc) is 3.05. The van der Waals surface area contributed by atoms with Crippen molar-refractivity contribution >= 4 is 11.7 Å². The molecule has 2 aliphatic rings. The molecule has 4 nitrogen and oxygen atoms in total. The van der Waals surface area contributed by atoms with Crippen molar-refractivity contribution in [1.29, 1.82) is 0 Å². The van der Waals surface area contributed by atoms with Gasteiger partial charge >= 0.3 is 5.97 Å². The number of esters is 1. The van der Waals surface area contributed by atoms with Gasteiger partial charge in [0.1, 0.15) is 0 Å². The number of anilines is 1. The molecule has 2 heterocycles. The molecule has 0 N–H and O–H groups in total. The van der Waals surface area contributed by atoms with E-state index in [1.54, 1.807) is 0 Å². The van der Waals surface area contributed by atoms with Crippen LogP contribution in [0.2, 0.25) is 0 Å². The van der Waals surface area contributed by atoms with Gasteiger partial charge in [-0.1, -0.05) is 12.5 Å². The summed E-state index contributed by atoms with van der Waals surface area (Å²) in [6.07, 6.45) is 5.29. The fourth-order valence-corrected chi connectivity index (χ4v) is 3.69. The van der Waals surface area contributed by atoms with Crippen LogP contribution in [0, 0.1) is 6.92 Å².